The Morgan fingerprint density at radius 2 is 1.86 bits per heavy atom. The van der Waals surface area contributed by atoms with Gasteiger partial charge in [-0.25, -0.2) is 9.78 Å². The Labute approximate surface area is 123 Å². The first-order chi connectivity index (χ1) is 9.93. The van der Waals surface area contributed by atoms with E-state index < -0.39 is 5.97 Å². The largest absolute Gasteiger partial charge is 0.465 e. The monoisotopic (exact) mass is 286 g/mol. The second kappa shape index (κ2) is 5.83. The van der Waals surface area contributed by atoms with Crippen LogP contribution in [0.2, 0.25) is 0 Å². The van der Waals surface area contributed by atoms with Gasteiger partial charge in [0.25, 0.3) is 0 Å². The van der Waals surface area contributed by atoms with Crippen molar-refractivity contribution in [1.82, 2.24) is 4.98 Å². The molecule has 1 aromatic heterocycles. The highest BCUT2D eigenvalue weighted by Crippen LogP contribution is 2.30. The van der Waals surface area contributed by atoms with Crippen LogP contribution in [0.15, 0.2) is 24.4 Å². The number of carbonyl (C=O) groups is 1. The number of ether oxygens (including phenoxy) is 2. The molecular formula is C16H18N2O3. The van der Waals surface area contributed by atoms with Crippen LogP contribution in [0, 0.1) is 20.8 Å². The van der Waals surface area contributed by atoms with Gasteiger partial charge in [0.1, 0.15) is 5.75 Å². The van der Waals surface area contributed by atoms with E-state index in [1.54, 1.807) is 0 Å². The molecule has 0 saturated carbocycles. The molecule has 0 bridgehead atoms. The van der Waals surface area contributed by atoms with Gasteiger partial charge in [0.2, 0.25) is 5.88 Å². The lowest BCUT2D eigenvalue weighted by molar-refractivity contribution is 0.0601. The molecule has 2 rings (SSSR count). The first kappa shape index (κ1) is 14.8. The molecule has 2 N–H and O–H groups in total. The van der Waals surface area contributed by atoms with Crippen molar-refractivity contribution in [2.75, 3.05) is 12.8 Å². The summed E-state index contributed by atoms with van der Waals surface area (Å²) in [5.41, 5.74) is 9.38. The average Bonchev–Trinajstić information content (AvgIpc) is 2.48. The van der Waals surface area contributed by atoms with Crippen molar-refractivity contribution >= 4 is 11.7 Å². The molecule has 5 nitrogen and oxygen atoms in total. The summed E-state index contributed by atoms with van der Waals surface area (Å²) in [6.45, 7) is 5.95. The second-order valence-electron chi connectivity index (χ2n) is 4.86. The van der Waals surface area contributed by atoms with E-state index in [1.165, 1.54) is 19.4 Å². The normalized spacial score (nSPS) is 10.3. The Morgan fingerprint density at radius 3 is 2.52 bits per heavy atom. The smallest absolute Gasteiger partial charge is 0.340 e. The van der Waals surface area contributed by atoms with Crippen molar-refractivity contribution in [3.63, 3.8) is 0 Å². The minimum absolute atomic E-state index is 0.241. The molecule has 2 aromatic rings. The van der Waals surface area contributed by atoms with Crippen LogP contribution in [0.25, 0.3) is 0 Å². The zero-order valence-electron chi connectivity index (χ0n) is 12.6. The maximum atomic E-state index is 11.6. The number of hydrogen-bond donors (Lipinski definition) is 1. The molecule has 0 spiro atoms. The number of carbonyl (C=O) groups excluding carboxylic acids is 1. The number of nitrogens with zero attached hydrogens (tertiary/aromatic N) is 1. The Bertz CT molecular complexity index is 696. The second-order valence-corrected chi connectivity index (χ2v) is 4.86. The molecule has 21 heavy (non-hydrogen) atoms. The summed E-state index contributed by atoms with van der Waals surface area (Å²) in [7, 11) is 1.30. The molecule has 1 aromatic carbocycles. The highest BCUT2D eigenvalue weighted by atomic mass is 16.5. The van der Waals surface area contributed by atoms with Crippen LogP contribution in [0.4, 0.5) is 5.69 Å². The van der Waals surface area contributed by atoms with Crippen LogP contribution in [-0.4, -0.2) is 18.1 Å². The number of esters is 1. The Hall–Kier alpha value is -2.56. The number of methoxy groups -OCH3 is 1. The fourth-order valence-corrected chi connectivity index (χ4v) is 1.98. The summed E-state index contributed by atoms with van der Waals surface area (Å²) in [5.74, 6) is 0.530. The van der Waals surface area contributed by atoms with Crippen molar-refractivity contribution < 1.29 is 14.3 Å². The lowest BCUT2D eigenvalue weighted by Gasteiger charge is -2.13. The molecule has 0 saturated heterocycles. The summed E-state index contributed by atoms with van der Waals surface area (Å²) in [6.07, 6.45) is 1.39. The van der Waals surface area contributed by atoms with Crippen molar-refractivity contribution in [2.24, 2.45) is 0 Å². The van der Waals surface area contributed by atoms with E-state index in [1.807, 2.05) is 32.9 Å². The Balaban J connectivity index is 2.41. The van der Waals surface area contributed by atoms with Crippen molar-refractivity contribution in [1.29, 1.82) is 0 Å². The molecule has 0 aliphatic heterocycles. The first-order valence-electron chi connectivity index (χ1n) is 6.52. The predicted octanol–water partition coefficient (Wildman–Crippen LogP) is 3.17. The van der Waals surface area contributed by atoms with Gasteiger partial charge in [-0.3, -0.25) is 0 Å². The van der Waals surface area contributed by atoms with Gasteiger partial charge in [0.05, 0.1) is 24.6 Å². The third kappa shape index (κ3) is 2.97. The number of rotatable bonds is 3. The van der Waals surface area contributed by atoms with Gasteiger partial charge in [-0.05, 0) is 37.5 Å². The van der Waals surface area contributed by atoms with Crippen LogP contribution >= 0.6 is 0 Å². The third-order valence-corrected chi connectivity index (χ3v) is 3.40. The Kier molecular flexibility index (Phi) is 4.12. The van der Waals surface area contributed by atoms with E-state index in [-0.39, 0.29) is 11.3 Å². The molecule has 0 radical (unpaired) electrons. The molecule has 0 aliphatic rings. The molecule has 1 heterocycles. The van der Waals surface area contributed by atoms with Gasteiger partial charge in [0.15, 0.2) is 0 Å². The highest BCUT2D eigenvalue weighted by molar-refractivity contribution is 5.95. The standard InChI is InChI=1S/C16H18N2O3/c1-9-5-6-10(2)15(11(9)3)21-14-7-12(16(19)20-4)13(17)8-18-14/h5-8H,17H2,1-4H3. The van der Waals surface area contributed by atoms with Crippen LogP contribution in [0.3, 0.4) is 0 Å². The van der Waals surface area contributed by atoms with E-state index in [0.717, 1.165) is 22.4 Å². The maximum absolute atomic E-state index is 11.6. The van der Waals surface area contributed by atoms with Gasteiger partial charge in [-0.1, -0.05) is 12.1 Å². The maximum Gasteiger partial charge on any atom is 0.340 e. The average molecular weight is 286 g/mol. The lowest BCUT2D eigenvalue weighted by atomic mass is 10.1. The molecule has 110 valence electrons. The minimum atomic E-state index is -0.516. The van der Waals surface area contributed by atoms with Gasteiger partial charge >= 0.3 is 5.97 Å². The number of aromatic nitrogens is 1. The predicted molar refractivity (Wildman–Crippen MR) is 80.7 cm³/mol. The summed E-state index contributed by atoms with van der Waals surface area (Å²) in [4.78, 5) is 15.7. The van der Waals surface area contributed by atoms with Crippen molar-refractivity contribution in [3.05, 3.63) is 46.6 Å². The van der Waals surface area contributed by atoms with Crippen molar-refractivity contribution in [3.8, 4) is 11.6 Å². The van der Waals surface area contributed by atoms with Gasteiger partial charge < -0.3 is 15.2 Å². The molecule has 0 atom stereocenters. The van der Waals surface area contributed by atoms with E-state index >= 15 is 0 Å². The fraction of sp³-hybridized carbons (Fsp3) is 0.250. The number of pyridine rings is 1. The molecule has 5 heteroatoms. The van der Waals surface area contributed by atoms with Crippen LogP contribution in [0.1, 0.15) is 27.0 Å². The van der Waals surface area contributed by atoms with Crippen LogP contribution < -0.4 is 10.5 Å². The van der Waals surface area contributed by atoms with Gasteiger partial charge in [-0.15, -0.1) is 0 Å². The molecule has 0 aliphatic carbocycles. The summed E-state index contributed by atoms with van der Waals surface area (Å²) in [6, 6.07) is 5.51. The molecule has 0 fully saturated rings. The Morgan fingerprint density at radius 1 is 1.19 bits per heavy atom. The van der Waals surface area contributed by atoms with Gasteiger partial charge in [0, 0.05) is 6.07 Å². The van der Waals surface area contributed by atoms with E-state index in [9.17, 15) is 4.79 Å². The zero-order chi connectivity index (χ0) is 15.6. The topological polar surface area (TPSA) is 74.4 Å². The molecule has 0 unspecified atom stereocenters. The molecular weight excluding hydrogens is 268 g/mol. The molecule has 0 amide bonds. The summed E-state index contributed by atoms with van der Waals surface area (Å²) in [5, 5.41) is 0. The first-order valence-corrected chi connectivity index (χ1v) is 6.52. The number of nitrogen functional groups attached to an aromatic ring is 1. The van der Waals surface area contributed by atoms with Crippen molar-refractivity contribution in [2.45, 2.75) is 20.8 Å². The number of hydrogen-bond acceptors (Lipinski definition) is 5. The SMILES string of the molecule is COC(=O)c1cc(Oc2c(C)ccc(C)c2C)ncc1N. The third-order valence-electron chi connectivity index (χ3n) is 3.40. The number of nitrogens with two attached hydrogens (primary N) is 1. The van der Waals surface area contributed by atoms with E-state index in [2.05, 4.69) is 9.72 Å². The fourth-order valence-electron chi connectivity index (χ4n) is 1.98. The van der Waals surface area contributed by atoms with Crippen LogP contribution in [-0.2, 0) is 4.74 Å². The quantitative estimate of drug-likeness (QED) is 0.877. The van der Waals surface area contributed by atoms with Crippen LogP contribution in [0.5, 0.6) is 11.6 Å². The number of aryl methyl sites for hydroxylation is 2. The number of benzene rings is 1. The highest BCUT2D eigenvalue weighted by Gasteiger charge is 2.14. The number of anilines is 1. The minimum Gasteiger partial charge on any atom is -0.465 e. The van der Waals surface area contributed by atoms with E-state index in [0.29, 0.717) is 5.88 Å². The lowest BCUT2D eigenvalue weighted by Crippen LogP contribution is -2.07. The summed E-state index contributed by atoms with van der Waals surface area (Å²) < 4.78 is 10.5. The zero-order valence-corrected chi connectivity index (χ0v) is 12.6. The van der Waals surface area contributed by atoms with E-state index in [4.69, 9.17) is 10.5 Å². The van der Waals surface area contributed by atoms with Gasteiger partial charge in [-0.2, -0.15) is 0 Å². The summed E-state index contributed by atoms with van der Waals surface area (Å²) >= 11 is 0.